The maximum Gasteiger partial charge on any atom is 0.308 e. The second-order valence-corrected chi connectivity index (χ2v) is 5.81. The van der Waals surface area contributed by atoms with Crippen molar-refractivity contribution in [3.05, 3.63) is 46.4 Å². The van der Waals surface area contributed by atoms with Gasteiger partial charge in [-0.1, -0.05) is 17.7 Å². The van der Waals surface area contributed by atoms with Crippen molar-refractivity contribution in [2.45, 2.75) is 32.8 Å². The van der Waals surface area contributed by atoms with Crippen LogP contribution in [-0.4, -0.2) is 35.4 Å². The predicted molar refractivity (Wildman–Crippen MR) is 86.6 cm³/mol. The van der Waals surface area contributed by atoms with Crippen molar-refractivity contribution in [3.63, 3.8) is 0 Å². The third-order valence-corrected chi connectivity index (χ3v) is 3.46. The van der Waals surface area contributed by atoms with E-state index in [9.17, 15) is 9.18 Å². The third-order valence-electron chi connectivity index (χ3n) is 3.11. The Morgan fingerprint density at radius 1 is 1.42 bits per heavy atom. The van der Waals surface area contributed by atoms with E-state index in [1.807, 2.05) is 13.8 Å². The number of nitrogens with one attached hydrogen (secondary N) is 1. The highest BCUT2D eigenvalue weighted by Crippen LogP contribution is 2.21. The van der Waals surface area contributed by atoms with Crippen molar-refractivity contribution < 1.29 is 18.3 Å². The van der Waals surface area contributed by atoms with Crippen LogP contribution in [0.3, 0.4) is 0 Å². The van der Waals surface area contributed by atoms with Crippen LogP contribution in [0.5, 0.6) is 0 Å². The van der Waals surface area contributed by atoms with Gasteiger partial charge in [0.15, 0.2) is 0 Å². The minimum atomic E-state index is -0.474. The standard InChI is InChI=1S/C16H19ClFN3O3/c1-10(2)23-8-4-7-19-15(22)16-21-20-14(24-16)9-11-12(17)5-3-6-13(11)18/h3,5-6,10H,4,7-9H2,1-2H3,(H,19,22). The summed E-state index contributed by atoms with van der Waals surface area (Å²) in [4.78, 5) is 11.9. The molecular formula is C16H19ClFN3O3. The summed E-state index contributed by atoms with van der Waals surface area (Å²) in [6, 6.07) is 4.38. The Bertz CT molecular complexity index is 671. The summed E-state index contributed by atoms with van der Waals surface area (Å²) < 4.78 is 24.4. The van der Waals surface area contributed by atoms with Crippen molar-refractivity contribution in [1.29, 1.82) is 0 Å². The Labute approximate surface area is 144 Å². The molecule has 0 atom stereocenters. The molecule has 1 aromatic carbocycles. The van der Waals surface area contributed by atoms with E-state index in [0.717, 1.165) is 0 Å². The first-order valence-corrected chi connectivity index (χ1v) is 8.00. The number of benzene rings is 1. The van der Waals surface area contributed by atoms with E-state index in [4.69, 9.17) is 20.8 Å². The van der Waals surface area contributed by atoms with Gasteiger partial charge >= 0.3 is 11.8 Å². The molecule has 0 bridgehead atoms. The highest BCUT2D eigenvalue weighted by atomic mass is 35.5. The third kappa shape index (κ3) is 5.28. The highest BCUT2D eigenvalue weighted by Gasteiger charge is 2.17. The molecule has 0 saturated carbocycles. The largest absolute Gasteiger partial charge is 0.417 e. The fourth-order valence-corrected chi connectivity index (χ4v) is 2.17. The fourth-order valence-electron chi connectivity index (χ4n) is 1.94. The van der Waals surface area contributed by atoms with Crippen molar-refractivity contribution >= 4 is 17.5 Å². The summed E-state index contributed by atoms with van der Waals surface area (Å²) in [7, 11) is 0. The van der Waals surface area contributed by atoms with E-state index in [0.29, 0.717) is 19.6 Å². The van der Waals surface area contributed by atoms with Gasteiger partial charge in [0.05, 0.1) is 12.5 Å². The minimum absolute atomic E-state index is 0.0218. The topological polar surface area (TPSA) is 77.2 Å². The first kappa shape index (κ1) is 18.4. The zero-order valence-electron chi connectivity index (χ0n) is 13.5. The van der Waals surface area contributed by atoms with Gasteiger partial charge in [0, 0.05) is 23.7 Å². The molecule has 1 amide bonds. The van der Waals surface area contributed by atoms with Gasteiger partial charge in [-0.15, -0.1) is 10.2 Å². The van der Waals surface area contributed by atoms with E-state index in [2.05, 4.69) is 15.5 Å². The SMILES string of the molecule is CC(C)OCCCNC(=O)c1nnc(Cc2c(F)cccc2Cl)o1. The monoisotopic (exact) mass is 355 g/mol. The molecule has 1 aromatic heterocycles. The summed E-state index contributed by atoms with van der Waals surface area (Å²) in [6.45, 7) is 4.88. The molecule has 1 heterocycles. The summed E-state index contributed by atoms with van der Waals surface area (Å²) in [6.07, 6.45) is 0.855. The van der Waals surface area contributed by atoms with E-state index >= 15 is 0 Å². The molecule has 6 nitrogen and oxygen atoms in total. The van der Waals surface area contributed by atoms with Crippen LogP contribution < -0.4 is 5.32 Å². The van der Waals surface area contributed by atoms with Gasteiger partial charge in [-0.25, -0.2) is 4.39 Å². The Morgan fingerprint density at radius 2 is 2.21 bits per heavy atom. The molecule has 2 rings (SSSR count). The zero-order chi connectivity index (χ0) is 17.5. The van der Waals surface area contributed by atoms with Gasteiger partial charge in [0.2, 0.25) is 5.89 Å². The fraction of sp³-hybridized carbons (Fsp3) is 0.438. The number of hydrogen-bond acceptors (Lipinski definition) is 5. The number of aromatic nitrogens is 2. The van der Waals surface area contributed by atoms with Crippen molar-refractivity contribution in [1.82, 2.24) is 15.5 Å². The van der Waals surface area contributed by atoms with Gasteiger partial charge < -0.3 is 14.5 Å². The highest BCUT2D eigenvalue weighted by molar-refractivity contribution is 6.31. The lowest BCUT2D eigenvalue weighted by molar-refractivity contribution is 0.0752. The summed E-state index contributed by atoms with van der Waals surface area (Å²) in [5.41, 5.74) is 0.251. The van der Waals surface area contributed by atoms with E-state index in [-0.39, 0.29) is 34.9 Å². The van der Waals surface area contributed by atoms with E-state index < -0.39 is 11.7 Å². The van der Waals surface area contributed by atoms with Crippen LogP contribution in [0.4, 0.5) is 4.39 Å². The lowest BCUT2D eigenvalue weighted by Crippen LogP contribution is -2.25. The van der Waals surface area contributed by atoms with Crippen LogP contribution in [-0.2, 0) is 11.2 Å². The van der Waals surface area contributed by atoms with Crippen LogP contribution >= 0.6 is 11.6 Å². The minimum Gasteiger partial charge on any atom is -0.417 e. The summed E-state index contributed by atoms with van der Waals surface area (Å²) in [5.74, 6) is -0.979. The molecule has 0 aliphatic heterocycles. The molecule has 0 saturated heterocycles. The number of carbonyl (C=O) groups excluding carboxylic acids is 1. The normalized spacial score (nSPS) is 11.0. The first-order chi connectivity index (χ1) is 11.5. The van der Waals surface area contributed by atoms with Crippen LogP contribution in [0.2, 0.25) is 5.02 Å². The van der Waals surface area contributed by atoms with Crippen LogP contribution in [0, 0.1) is 5.82 Å². The molecule has 24 heavy (non-hydrogen) atoms. The number of rotatable bonds is 8. The Balaban J connectivity index is 1.87. The molecule has 8 heteroatoms. The zero-order valence-corrected chi connectivity index (χ0v) is 14.3. The predicted octanol–water partition coefficient (Wildman–Crippen LogP) is 3.00. The first-order valence-electron chi connectivity index (χ1n) is 7.62. The van der Waals surface area contributed by atoms with Gasteiger partial charge in [-0.3, -0.25) is 4.79 Å². The van der Waals surface area contributed by atoms with Crippen molar-refractivity contribution in [2.24, 2.45) is 0 Å². The van der Waals surface area contributed by atoms with Crippen molar-refractivity contribution in [2.75, 3.05) is 13.2 Å². The number of amides is 1. The summed E-state index contributed by atoms with van der Waals surface area (Å²) >= 11 is 5.95. The maximum atomic E-state index is 13.7. The van der Waals surface area contributed by atoms with E-state index in [1.165, 1.54) is 12.1 Å². The molecule has 0 unspecified atom stereocenters. The van der Waals surface area contributed by atoms with Crippen LogP contribution in [0.15, 0.2) is 22.6 Å². The molecule has 0 aliphatic carbocycles. The molecule has 1 N–H and O–H groups in total. The number of carbonyl (C=O) groups is 1. The lowest BCUT2D eigenvalue weighted by atomic mass is 10.1. The molecule has 0 radical (unpaired) electrons. The maximum absolute atomic E-state index is 13.7. The number of hydrogen-bond donors (Lipinski definition) is 1. The number of ether oxygens (including phenoxy) is 1. The Hall–Kier alpha value is -1.99. The smallest absolute Gasteiger partial charge is 0.308 e. The molecule has 130 valence electrons. The molecule has 0 fully saturated rings. The molecule has 0 spiro atoms. The average Bonchev–Trinajstić information content (AvgIpc) is 2.99. The molecule has 0 aliphatic rings. The molecule has 2 aromatic rings. The second-order valence-electron chi connectivity index (χ2n) is 5.41. The Morgan fingerprint density at radius 3 is 2.92 bits per heavy atom. The van der Waals surface area contributed by atoms with E-state index in [1.54, 1.807) is 6.07 Å². The quantitative estimate of drug-likeness (QED) is 0.736. The number of halogens is 2. The van der Waals surface area contributed by atoms with Gasteiger partial charge in [0.1, 0.15) is 5.82 Å². The van der Waals surface area contributed by atoms with Crippen LogP contribution in [0.1, 0.15) is 42.4 Å². The van der Waals surface area contributed by atoms with Gasteiger partial charge in [-0.05, 0) is 32.4 Å². The van der Waals surface area contributed by atoms with Crippen molar-refractivity contribution in [3.8, 4) is 0 Å². The number of nitrogens with zero attached hydrogens (tertiary/aromatic N) is 2. The average molecular weight is 356 g/mol. The van der Waals surface area contributed by atoms with Gasteiger partial charge in [-0.2, -0.15) is 0 Å². The molecular weight excluding hydrogens is 337 g/mol. The lowest BCUT2D eigenvalue weighted by Gasteiger charge is -2.07. The second kappa shape index (κ2) is 8.75. The van der Waals surface area contributed by atoms with Crippen LogP contribution in [0.25, 0.3) is 0 Å². The van der Waals surface area contributed by atoms with Gasteiger partial charge in [0.25, 0.3) is 0 Å². The Kier molecular flexibility index (Phi) is 6.69. The summed E-state index contributed by atoms with van der Waals surface area (Å²) in [5, 5.41) is 10.4.